The molecule has 0 spiro atoms. The number of fused-ring (bicyclic) bond motifs is 1. The normalized spacial score (nSPS) is 16.6. The van der Waals surface area contributed by atoms with E-state index < -0.39 is 5.97 Å². The molecule has 3 rings (SSSR count). The first-order valence-electron chi connectivity index (χ1n) is 9.91. The maximum absolute atomic E-state index is 12.2. The lowest BCUT2D eigenvalue weighted by Crippen LogP contribution is -2.35. The predicted molar refractivity (Wildman–Crippen MR) is 106 cm³/mol. The standard InChI is InChI=1S/C22H27NO5/c24-21(23-13-4-1-5-14-23)10-3-2-8-18(22(25)26)9-6-7-17-11-12-19-20(15-17)28-16-27-19/h6-7,9,11-12,15H,1-5,8,10,13-14,16H2,(H,25,26)/b7-6?,18-9+. The Hall–Kier alpha value is -2.76. The fraction of sp³-hybridized carbons (Fsp3) is 0.455. The fourth-order valence-corrected chi connectivity index (χ4v) is 3.45. The number of hydrogen-bond donors (Lipinski definition) is 1. The van der Waals surface area contributed by atoms with Crippen LogP contribution in [-0.4, -0.2) is 41.8 Å². The molecule has 0 saturated carbocycles. The van der Waals surface area contributed by atoms with Crippen molar-refractivity contribution in [1.82, 2.24) is 4.90 Å². The summed E-state index contributed by atoms with van der Waals surface area (Å²) in [6.07, 6.45) is 10.9. The first-order chi connectivity index (χ1) is 13.6. The molecule has 0 aliphatic carbocycles. The van der Waals surface area contributed by atoms with Crippen molar-refractivity contribution in [3.8, 4) is 11.5 Å². The van der Waals surface area contributed by atoms with Gasteiger partial charge in [-0.25, -0.2) is 4.79 Å². The van der Waals surface area contributed by atoms with Gasteiger partial charge in [0.05, 0.1) is 0 Å². The highest BCUT2D eigenvalue weighted by Crippen LogP contribution is 2.32. The van der Waals surface area contributed by atoms with Crippen LogP contribution in [0.4, 0.5) is 0 Å². The van der Waals surface area contributed by atoms with Gasteiger partial charge in [-0.05, 0) is 56.2 Å². The number of allylic oxidation sites excluding steroid dienone is 2. The molecule has 150 valence electrons. The number of aliphatic carboxylic acids is 1. The highest BCUT2D eigenvalue weighted by Gasteiger charge is 2.16. The molecular weight excluding hydrogens is 358 g/mol. The summed E-state index contributed by atoms with van der Waals surface area (Å²) in [5.41, 5.74) is 1.26. The SMILES string of the molecule is O=C(O)/C(=C/C=Cc1ccc2c(c1)OCO2)CCCCC(=O)N1CCCCC1. The largest absolute Gasteiger partial charge is 0.478 e. The van der Waals surface area contributed by atoms with Gasteiger partial charge >= 0.3 is 5.97 Å². The van der Waals surface area contributed by atoms with Crippen molar-refractivity contribution in [2.24, 2.45) is 0 Å². The minimum Gasteiger partial charge on any atom is -0.478 e. The topological polar surface area (TPSA) is 76.1 Å². The molecule has 1 fully saturated rings. The van der Waals surface area contributed by atoms with Gasteiger partial charge in [0.25, 0.3) is 0 Å². The highest BCUT2D eigenvalue weighted by atomic mass is 16.7. The van der Waals surface area contributed by atoms with Crippen LogP contribution in [0.15, 0.2) is 35.9 Å². The fourth-order valence-electron chi connectivity index (χ4n) is 3.45. The third-order valence-electron chi connectivity index (χ3n) is 5.05. The summed E-state index contributed by atoms with van der Waals surface area (Å²) < 4.78 is 10.6. The van der Waals surface area contributed by atoms with E-state index in [1.54, 1.807) is 12.2 Å². The van der Waals surface area contributed by atoms with Crippen LogP contribution in [0.2, 0.25) is 0 Å². The number of unbranched alkanes of at least 4 members (excludes halogenated alkanes) is 1. The number of carbonyl (C=O) groups excluding carboxylic acids is 1. The summed E-state index contributed by atoms with van der Waals surface area (Å²) in [5.74, 6) is 0.696. The van der Waals surface area contributed by atoms with Gasteiger partial charge in [0.2, 0.25) is 12.7 Å². The first kappa shape index (κ1) is 20.0. The van der Waals surface area contributed by atoms with Crippen molar-refractivity contribution in [2.75, 3.05) is 19.9 Å². The Morgan fingerprint density at radius 1 is 1.04 bits per heavy atom. The van der Waals surface area contributed by atoms with Crippen LogP contribution in [0.25, 0.3) is 6.08 Å². The zero-order valence-electron chi connectivity index (χ0n) is 16.1. The number of carboxylic acids is 1. The average molecular weight is 385 g/mol. The summed E-state index contributed by atoms with van der Waals surface area (Å²) in [4.78, 5) is 25.5. The quantitative estimate of drug-likeness (QED) is 0.416. The number of carbonyl (C=O) groups is 2. The smallest absolute Gasteiger partial charge is 0.331 e. The van der Waals surface area contributed by atoms with E-state index in [2.05, 4.69) is 0 Å². The second kappa shape index (κ2) is 9.97. The molecule has 2 aliphatic rings. The van der Waals surface area contributed by atoms with Crippen LogP contribution < -0.4 is 9.47 Å². The number of ether oxygens (including phenoxy) is 2. The minimum atomic E-state index is -0.919. The zero-order chi connectivity index (χ0) is 19.8. The number of hydrogen-bond acceptors (Lipinski definition) is 4. The van der Waals surface area contributed by atoms with Crippen LogP contribution in [0.1, 0.15) is 50.5 Å². The first-order valence-corrected chi connectivity index (χ1v) is 9.91. The van der Waals surface area contributed by atoms with E-state index in [1.165, 1.54) is 6.42 Å². The molecular formula is C22H27NO5. The van der Waals surface area contributed by atoms with Crippen LogP contribution in [0.5, 0.6) is 11.5 Å². The second-order valence-electron chi connectivity index (χ2n) is 7.12. The van der Waals surface area contributed by atoms with Crippen LogP contribution in [0, 0.1) is 0 Å². The van der Waals surface area contributed by atoms with Gasteiger partial charge in [-0.3, -0.25) is 4.79 Å². The Balaban J connectivity index is 1.46. The van der Waals surface area contributed by atoms with Crippen molar-refractivity contribution in [1.29, 1.82) is 0 Å². The summed E-state index contributed by atoms with van der Waals surface area (Å²) in [6.45, 7) is 1.96. The van der Waals surface area contributed by atoms with Gasteiger partial charge < -0.3 is 19.5 Å². The molecule has 2 aliphatic heterocycles. The molecule has 0 atom stereocenters. The number of benzene rings is 1. The average Bonchev–Trinajstić information content (AvgIpc) is 3.18. The van der Waals surface area contributed by atoms with Crippen LogP contribution >= 0.6 is 0 Å². The van der Waals surface area contributed by atoms with Crippen molar-refractivity contribution >= 4 is 18.0 Å². The Labute approximate surface area is 165 Å². The summed E-state index contributed by atoms with van der Waals surface area (Å²) in [7, 11) is 0. The lowest BCUT2D eigenvalue weighted by atomic mass is 10.1. The van der Waals surface area contributed by atoms with Crippen molar-refractivity contribution in [2.45, 2.75) is 44.9 Å². The van der Waals surface area contributed by atoms with Crippen LogP contribution in [0.3, 0.4) is 0 Å². The Kier molecular flexibility index (Phi) is 7.12. The molecule has 28 heavy (non-hydrogen) atoms. The highest BCUT2D eigenvalue weighted by molar-refractivity contribution is 5.87. The number of amides is 1. The third-order valence-corrected chi connectivity index (χ3v) is 5.05. The van der Waals surface area contributed by atoms with E-state index in [9.17, 15) is 14.7 Å². The van der Waals surface area contributed by atoms with E-state index in [1.807, 2.05) is 29.2 Å². The number of nitrogens with zero attached hydrogens (tertiary/aromatic N) is 1. The Morgan fingerprint density at radius 3 is 2.57 bits per heavy atom. The van der Waals surface area contributed by atoms with Crippen molar-refractivity contribution < 1.29 is 24.2 Å². The van der Waals surface area contributed by atoms with E-state index in [4.69, 9.17) is 9.47 Å². The number of likely N-dealkylation sites (tertiary alicyclic amines) is 1. The van der Waals surface area contributed by atoms with Gasteiger partial charge in [0.1, 0.15) is 0 Å². The van der Waals surface area contributed by atoms with Gasteiger partial charge in [-0.15, -0.1) is 0 Å². The number of rotatable bonds is 8. The molecule has 1 saturated heterocycles. The lowest BCUT2D eigenvalue weighted by Gasteiger charge is -2.26. The number of carboxylic acid groups (broad SMARTS) is 1. The molecule has 6 nitrogen and oxygen atoms in total. The van der Waals surface area contributed by atoms with Gasteiger partial charge in [-0.2, -0.15) is 0 Å². The lowest BCUT2D eigenvalue weighted by molar-refractivity contribution is -0.133. The zero-order valence-corrected chi connectivity index (χ0v) is 16.1. The Morgan fingerprint density at radius 2 is 1.79 bits per heavy atom. The molecule has 0 aromatic heterocycles. The molecule has 1 amide bonds. The summed E-state index contributed by atoms with van der Waals surface area (Å²) in [6, 6.07) is 5.59. The molecule has 0 bridgehead atoms. The minimum absolute atomic E-state index is 0.197. The third kappa shape index (κ3) is 5.62. The summed E-state index contributed by atoms with van der Waals surface area (Å²) in [5, 5.41) is 9.40. The van der Waals surface area contributed by atoms with Crippen LogP contribution in [-0.2, 0) is 9.59 Å². The molecule has 1 N–H and O–H groups in total. The van der Waals surface area contributed by atoms with E-state index in [0.717, 1.165) is 37.2 Å². The summed E-state index contributed by atoms with van der Waals surface area (Å²) >= 11 is 0. The maximum Gasteiger partial charge on any atom is 0.331 e. The Bertz CT molecular complexity index is 762. The van der Waals surface area contributed by atoms with E-state index in [0.29, 0.717) is 37.0 Å². The molecule has 0 unspecified atom stereocenters. The van der Waals surface area contributed by atoms with Gasteiger partial charge in [-0.1, -0.05) is 24.3 Å². The predicted octanol–water partition coefficient (Wildman–Crippen LogP) is 4.01. The molecule has 1 aromatic carbocycles. The van der Waals surface area contributed by atoms with Gasteiger partial charge in [0.15, 0.2) is 11.5 Å². The number of piperidine rings is 1. The molecule has 0 radical (unpaired) electrons. The van der Waals surface area contributed by atoms with E-state index >= 15 is 0 Å². The molecule has 1 aromatic rings. The van der Waals surface area contributed by atoms with Crippen molar-refractivity contribution in [3.63, 3.8) is 0 Å². The van der Waals surface area contributed by atoms with Crippen molar-refractivity contribution in [3.05, 3.63) is 41.5 Å². The molecule has 6 heteroatoms. The monoisotopic (exact) mass is 385 g/mol. The molecule has 2 heterocycles. The van der Waals surface area contributed by atoms with Gasteiger partial charge in [0, 0.05) is 25.1 Å². The van der Waals surface area contributed by atoms with E-state index in [-0.39, 0.29) is 12.7 Å². The second-order valence-corrected chi connectivity index (χ2v) is 7.12. The maximum atomic E-state index is 12.2.